The summed E-state index contributed by atoms with van der Waals surface area (Å²) >= 11 is 0. The Hall–Kier alpha value is -2.20. The first-order valence-corrected chi connectivity index (χ1v) is 12.6. The number of hydrogen-bond donors (Lipinski definition) is 0. The van der Waals surface area contributed by atoms with Crippen molar-refractivity contribution in [2.75, 3.05) is 19.8 Å². The highest BCUT2D eigenvalue weighted by molar-refractivity contribution is 5.55. The van der Waals surface area contributed by atoms with E-state index in [1.807, 2.05) is 0 Å². The van der Waals surface area contributed by atoms with E-state index in [9.17, 15) is 0 Å². The molecule has 0 bridgehead atoms. The fourth-order valence-corrected chi connectivity index (χ4v) is 3.45. The Labute approximate surface area is 195 Å². The van der Waals surface area contributed by atoms with Gasteiger partial charge in [0, 0.05) is 18.8 Å². The van der Waals surface area contributed by atoms with Crippen LogP contribution in [0.3, 0.4) is 0 Å². The van der Waals surface area contributed by atoms with Gasteiger partial charge in [-0.05, 0) is 63.4 Å². The van der Waals surface area contributed by atoms with Crippen LogP contribution in [-0.4, -0.2) is 29.8 Å². The maximum Gasteiger partial charge on any atom is 0.159 e. The third kappa shape index (κ3) is 11.4. The molecular weight excluding hydrogens is 396 g/mol. The van der Waals surface area contributed by atoms with E-state index in [-0.39, 0.29) is 0 Å². The van der Waals surface area contributed by atoms with Crippen molar-refractivity contribution in [1.82, 2.24) is 9.97 Å². The van der Waals surface area contributed by atoms with Crippen molar-refractivity contribution < 1.29 is 9.47 Å². The first-order chi connectivity index (χ1) is 15.8. The number of rotatable bonds is 18. The molecule has 0 radical (unpaired) electrons. The number of ether oxygens (including phenoxy) is 2. The van der Waals surface area contributed by atoms with Crippen molar-refractivity contribution in [2.45, 2.75) is 84.5 Å². The summed E-state index contributed by atoms with van der Waals surface area (Å²) in [6.45, 7) is 6.85. The minimum Gasteiger partial charge on any atom is -0.490 e. The van der Waals surface area contributed by atoms with Crippen LogP contribution in [0, 0.1) is 0 Å². The van der Waals surface area contributed by atoms with Crippen molar-refractivity contribution in [3.63, 3.8) is 0 Å². The zero-order valence-electron chi connectivity index (χ0n) is 20.2. The first-order valence-electron chi connectivity index (χ1n) is 12.6. The topological polar surface area (TPSA) is 44.2 Å². The molecule has 0 amide bonds. The molecule has 0 aliphatic carbocycles. The lowest BCUT2D eigenvalue weighted by Crippen LogP contribution is -1.99. The second kappa shape index (κ2) is 17.4. The second-order valence-electron chi connectivity index (χ2n) is 8.32. The standard InChI is InChI=1S/C28H42N2O2/c1-3-5-6-7-8-9-10-14-22-32-27-23-29-28(30-24-27)26-18-16-25(17-19-26)15-12-11-13-21-31-20-4-2/h6-7,16-19,23-24H,3-5,8-15,20-22H2,1-2H3. The van der Waals surface area contributed by atoms with Crippen LogP contribution in [0.25, 0.3) is 11.4 Å². The molecule has 0 aliphatic rings. The fourth-order valence-electron chi connectivity index (χ4n) is 3.45. The summed E-state index contributed by atoms with van der Waals surface area (Å²) in [4.78, 5) is 8.97. The molecule has 2 aromatic rings. The molecular formula is C28H42N2O2. The molecule has 0 fully saturated rings. The average molecular weight is 439 g/mol. The van der Waals surface area contributed by atoms with Crippen molar-refractivity contribution in [3.8, 4) is 17.1 Å². The van der Waals surface area contributed by atoms with E-state index in [1.54, 1.807) is 12.4 Å². The summed E-state index contributed by atoms with van der Waals surface area (Å²) in [5, 5.41) is 0. The number of aryl methyl sites for hydroxylation is 1. The van der Waals surface area contributed by atoms with Gasteiger partial charge in [0.05, 0.1) is 19.0 Å². The molecule has 0 N–H and O–H groups in total. The number of hydrogen-bond acceptors (Lipinski definition) is 4. The lowest BCUT2D eigenvalue weighted by atomic mass is 10.0. The lowest BCUT2D eigenvalue weighted by molar-refractivity contribution is 0.130. The normalized spacial score (nSPS) is 11.3. The van der Waals surface area contributed by atoms with E-state index in [1.165, 1.54) is 50.5 Å². The minimum atomic E-state index is 0.723. The maximum atomic E-state index is 5.79. The number of allylic oxidation sites excluding steroid dienone is 2. The molecule has 0 spiro atoms. The van der Waals surface area contributed by atoms with Gasteiger partial charge in [-0.25, -0.2) is 9.97 Å². The smallest absolute Gasteiger partial charge is 0.159 e. The van der Waals surface area contributed by atoms with Crippen LogP contribution in [0.4, 0.5) is 0 Å². The molecule has 0 saturated heterocycles. The number of unbranched alkanes of at least 4 members (excludes halogenated alkanes) is 6. The molecule has 0 atom stereocenters. The van der Waals surface area contributed by atoms with Crippen LogP contribution < -0.4 is 4.74 Å². The van der Waals surface area contributed by atoms with Gasteiger partial charge < -0.3 is 9.47 Å². The van der Waals surface area contributed by atoms with E-state index in [4.69, 9.17) is 9.47 Å². The molecule has 1 aromatic heterocycles. The third-order valence-electron chi connectivity index (χ3n) is 5.35. The zero-order valence-corrected chi connectivity index (χ0v) is 20.2. The van der Waals surface area contributed by atoms with Gasteiger partial charge in [0.15, 0.2) is 11.6 Å². The molecule has 0 aliphatic heterocycles. The highest BCUT2D eigenvalue weighted by Crippen LogP contribution is 2.18. The Morgan fingerprint density at radius 3 is 2.19 bits per heavy atom. The number of nitrogens with zero attached hydrogens (tertiary/aromatic N) is 2. The highest BCUT2D eigenvalue weighted by atomic mass is 16.5. The fraction of sp³-hybridized carbons (Fsp3) is 0.571. The van der Waals surface area contributed by atoms with Gasteiger partial charge in [-0.2, -0.15) is 0 Å². The van der Waals surface area contributed by atoms with Gasteiger partial charge in [-0.3, -0.25) is 0 Å². The molecule has 4 heteroatoms. The Bertz CT molecular complexity index is 726. The predicted molar refractivity (Wildman–Crippen MR) is 134 cm³/mol. The van der Waals surface area contributed by atoms with E-state index in [0.717, 1.165) is 62.6 Å². The van der Waals surface area contributed by atoms with Gasteiger partial charge in [0.2, 0.25) is 0 Å². The van der Waals surface area contributed by atoms with E-state index >= 15 is 0 Å². The SMILES string of the molecule is CCCC=CCCCCCOc1cnc(-c2ccc(CCCCCOCCC)cc2)nc1. The van der Waals surface area contributed by atoms with Gasteiger partial charge >= 0.3 is 0 Å². The van der Waals surface area contributed by atoms with Crippen LogP contribution in [0.15, 0.2) is 48.8 Å². The third-order valence-corrected chi connectivity index (χ3v) is 5.35. The zero-order chi connectivity index (χ0) is 22.7. The molecule has 0 saturated carbocycles. The van der Waals surface area contributed by atoms with Gasteiger partial charge in [0.25, 0.3) is 0 Å². The molecule has 176 valence electrons. The van der Waals surface area contributed by atoms with Gasteiger partial charge in [-0.1, -0.05) is 63.1 Å². The molecule has 2 rings (SSSR count). The van der Waals surface area contributed by atoms with Crippen LogP contribution in [-0.2, 0) is 11.2 Å². The minimum absolute atomic E-state index is 0.723. The number of benzene rings is 1. The second-order valence-corrected chi connectivity index (χ2v) is 8.32. The Morgan fingerprint density at radius 1 is 0.719 bits per heavy atom. The summed E-state index contributed by atoms with van der Waals surface area (Å²) in [7, 11) is 0. The summed E-state index contributed by atoms with van der Waals surface area (Å²) in [6, 6.07) is 8.61. The summed E-state index contributed by atoms with van der Waals surface area (Å²) < 4.78 is 11.3. The first kappa shape index (κ1) is 26.1. The molecule has 32 heavy (non-hydrogen) atoms. The Balaban J connectivity index is 1.62. The van der Waals surface area contributed by atoms with Gasteiger partial charge in [-0.15, -0.1) is 0 Å². The lowest BCUT2D eigenvalue weighted by Gasteiger charge is -2.07. The van der Waals surface area contributed by atoms with E-state index in [0.29, 0.717) is 0 Å². The van der Waals surface area contributed by atoms with Crippen molar-refractivity contribution in [2.24, 2.45) is 0 Å². The average Bonchev–Trinajstić information content (AvgIpc) is 2.83. The maximum absolute atomic E-state index is 5.79. The van der Waals surface area contributed by atoms with E-state index in [2.05, 4.69) is 60.2 Å². The van der Waals surface area contributed by atoms with Crippen LogP contribution in [0.2, 0.25) is 0 Å². The number of aromatic nitrogens is 2. The predicted octanol–water partition coefficient (Wildman–Crippen LogP) is 7.58. The van der Waals surface area contributed by atoms with E-state index < -0.39 is 0 Å². The van der Waals surface area contributed by atoms with Crippen LogP contribution >= 0.6 is 0 Å². The molecule has 1 aromatic carbocycles. The van der Waals surface area contributed by atoms with Crippen molar-refractivity contribution in [3.05, 3.63) is 54.4 Å². The molecule has 1 heterocycles. The quantitative estimate of drug-likeness (QED) is 0.178. The summed E-state index contributed by atoms with van der Waals surface area (Å²) in [6.07, 6.45) is 21.0. The Kier molecular flexibility index (Phi) is 14.1. The Morgan fingerprint density at radius 2 is 1.44 bits per heavy atom. The summed E-state index contributed by atoms with van der Waals surface area (Å²) in [5.41, 5.74) is 2.41. The molecule has 4 nitrogen and oxygen atoms in total. The monoisotopic (exact) mass is 438 g/mol. The van der Waals surface area contributed by atoms with Crippen LogP contribution in [0.1, 0.15) is 83.6 Å². The van der Waals surface area contributed by atoms with Crippen molar-refractivity contribution in [1.29, 1.82) is 0 Å². The van der Waals surface area contributed by atoms with Crippen molar-refractivity contribution >= 4 is 0 Å². The van der Waals surface area contributed by atoms with Crippen LogP contribution in [0.5, 0.6) is 5.75 Å². The molecule has 0 unspecified atom stereocenters. The largest absolute Gasteiger partial charge is 0.490 e. The van der Waals surface area contributed by atoms with Gasteiger partial charge in [0.1, 0.15) is 0 Å². The highest BCUT2D eigenvalue weighted by Gasteiger charge is 2.03. The summed E-state index contributed by atoms with van der Waals surface area (Å²) in [5.74, 6) is 1.49.